The van der Waals surface area contributed by atoms with E-state index in [1.807, 2.05) is 36.4 Å². The fourth-order valence-corrected chi connectivity index (χ4v) is 2.86. The van der Waals surface area contributed by atoms with E-state index in [1.54, 1.807) is 12.1 Å². The summed E-state index contributed by atoms with van der Waals surface area (Å²) >= 11 is 6.16. The molecule has 2 aromatic rings. The van der Waals surface area contributed by atoms with Gasteiger partial charge in [-0.2, -0.15) is 0 Å². The number of hydrogen-bond donors (Lipinski definition) is 2. The van der Waals surface area contributed by atoms with E-state index in [0.29, 0.717) is 29.5 Å². The van der Waals surface area contributed by atoms with E-state index in [-0.39, 0.29) is 5.91 Å². The highest BCUT2D eigenvalue weighted by Crippen LogP contribution is 2.22. The molecular formula is C20H21ClN2O2. The van der Waals surface area contributed by atoms with E-state index in [2.05, 4.69) is 16.7 Å². The Bertz CT molecular complexity index is 774. The second-order valence-corrected chi connectivity index (χ2v) is 6.28. The lowest BCUT2D eigenvalue weighted by molar-refractivity contribution is 0.0952. The molecule has 2 aromatic carbocycles. The number of rotatable bonds is 6. The van der Waals surface area contributed by atoms with Gasteiger partial charge in [-0.25, -0.2) is 0 Å². The largest absolute Gasteiger partial charge is 0.488 e. The average Bonchev–Trinajstić information content (AvgIpc) is 2.66. The normalized spacial score (nSPS) is 13.9. The van der Waals surface area contributed by atoms with Crippen LogP contribution in [0.5, 0.6) is 5.75 Å². The van der Waals surface area contributed by atoms with Crippen molar-refractivity contribution in [1.29, 1.82) is 0 Å². The van der Waals surface area contributed by atoms with Gasteiger partial charge in [0.2, 0.25) is 0 Å². The van der Waals surface area contributed by atoms with Crippen molar-refractivity contribution in [3.8, 4) is 5.75 Å². The van der Waals surface area contributed by atoms with Crippen LogP contribution in [0.3, 0.4) is 0 Å². The number of amides is 1. The Morgan fingerprint density at radius 2 is 1.96 bits per heavy atom. The second-order valence-electron chi connectivity index (χ2n) is 5.88. The van der Waals surface area contributed by atoms with E-state index in [9.17, 15) is 4.79 Å². The van der Waals surface area contributed by atoms with Gasteiger partial charge in [-0.15, -0.1) is 0 Å². The van der Waals surface area contributed by atoms with Gasteiger partial charge in [0.05, 0.1) is 5.56 Å². The first kappa shape index (κ1) is 17.5. The quantitative estimate of drug-likeness (QED) is 0.778. The van der Waals surface area contributed by atoms with Crippen molar-refractivity contribution in [1.82, 2.24) is 10.6 Å². The lowest BCUT2D eigenvalue weighted by atomic mass is 10.1. The minimum atomic E-state index is -0.130. The standard InChI is InChI=1S/C20H21ClN2O2/c21-18-7-3-1-5-16(18)14-25-19-8-4-2-6-17(19)20(24)23-13-15-9-11-22-12-10-15/h1-9,22H,10-14H2,(H,23,24). The number of carbonyl (C=O) groups excluding carboxylic acids is 1. The summed E-state index contributed by atoms with van der Waals surface area (Å²) in [5.41, 5.74) is 2.67. The molecule has 0 unspecified atom stereocenters. The lowest BCUT2D eigenvalue weighted by Crippen LogP contribution is -2.29. The number of para-hydroxylation sites is 1. The number of carbonyl (C=O) groups is 1. The van der Waals surface area contributed by atoms with E-state index >= 15 is 0 Å². The molecule has 1 aliphatic rings. The van der Waals surface area contributed by atoms with Gasteiger partial charge in [0.15, 0.2) is 0 Å². The molecule has 130 valence electrons. The van der Waals surface area contributed by atoms with Gasteiger partial charge in [0.25, 0.3) is 5.91 Å². The molecule has 0 atom stereocenters. The molecule has 5 heteroatoms. The Hall–Kier alpha value is -2.30. The van der Waals surface area contributed by atoms with E-state index < -0.39 is 0 Å². The van der Waals surface area contributed by atoms with E-state index in [4.69, 9.17) is 16.3 Å². The summed E-state index contributed by atoms with van der Waals surface area (Å²) < 4.78 is 5.85. The number of ether oxygens (including phenoxy) is 1. The van der Waals surface area contributed by atoms with Crippen molar-refractivity contribution in [2.24, 2.45) is 0 Å². The van der Waals surface area contributed by atoms with Crippen LogP contribution in [0.1, 0.15) is 22.3 Å². The van der Waals surface area contributed by atoms with Crippen molar-refractivity contribution in [3.63, 3.8) is 0 Å². The van der Waals surface area contributed by atoms with Crippen LogP contribution < -0.4 is 15.4 Å². The van der Waals surface area contributed by atoms with Crippen LogP contribution in [0.25, 0.3) is 0 Å². The third-order valence-corrected chi connectivity index (χ3v) is 4.48. The maximum absolute atomic E-state index is 12.5. The zero-order chi connectivity index (χ0) is 17.5. The molecule has 0 saturated carbocycles. The zero-order valence-electron chi connectivity index (χ0n) is 13.9. The third-order valence-electron chi connectivity index (χ3n) is 4.11. The first-order chi connectivity index (χ1) is 12.2. The molecule has 0 aliphatic carbocycles. The topological polar surface area (TPSA) is 50.4 Å². The Labute approximate surface area is 152 Å². The molecule has 1 heterocycles. The highest BCUT2D eigenvalue weighted by molar-refractivity contribution is 6.31. The van der Waals surface area contributed by atoms with Crippen LogP contribution >= 0.6 is 11.6 Å². The first-order valence-corrected chi connectivity index (χ1v) is 8.74. The minimum absolute atomic E-state index is 0.130. The van der Waals surface area contributed by atoms with Gasteiger partial charge >= 0.3 is 0 Å². The van der Waals surface area contributed by atoms with Gasteiger partial charge in [-0.05, 0) is 31.2 Å². The molecule has 0 radical (unpaired) electrons. The number of nitrogens with one attached hydrogen (secondary N) is 2. The predicted molar refractivity (Wildman–Crippen MR) is 100 cm³/mol. The Morgan fingerprint density at radius 1 is 1.16 bits per heavy atom. The van der Waals surface area contributed by atoms with Crippen molar-refractivity contribution in [2.45, 2.75) is 13.0 Å². The van der Waals surface area contributed by atoms with Gasteiger partial charge < -0.3 is 15.4 Å². The van der Waals surface area contributed by atoms with Gasteiger partial charge in [0, 0.05) is 23.7 Å². The summed E-state index contributed by atoms with van der Waals surface area (Å²) in [6.07, 6.45) is 3.09. The fraction of sp³-hybridized carbons (Fsp3) is 0.250. The van der Waals surface area contributed by atoms with Gasteiger partial charge in [-0.3, -0.25) is 4.79 Å². The predicted octanol–water partition coefficient (Wildman–Crippen LogP) is 3.57. The number of halogens is 1. The summed E-state index contributed by atoms with van der Waals surface area (Å²) in [5.74, 6) is 0.424. The summed E-state index contributed by atoms with van der Waals surface area (Å²) in [5, 5.41) is 6.89. The highest BCUT2D eigenvalue weighted by atomic mass is 35.5. The average molecular weight is 357 g/mol. The number of benzene rings is 2. The van der Waals surface area contributed by atoms with Crippen LogP contribution in [0.4, 0.5) is 0 Å². The van der Waals surface area contributed by atoms with E-state index in [1.165, 1.54) is 5.57 Å². The molecule has 0 aromatic heterocycles. The summed E-state index contributed by atoms with van der Waals surface area (Å²) in [4.78, 5) is 12.5. The molecule has 0 fully saturated rings. The molecule has 2 N–H and O–H groups in total. The first-order valence-electron chi connectivity index (χ1n) is 8.36. The van der Waals surface area contributed by atoms with E-state index in [0.717, 1.165) is 25.1 Å². The zero-order valence-corrected chi connectivity index (χ0v) is 14.7. The Morgan fingerprint density at radius 3 is 2.76 bits per heavy atom. The van der Waals surface area contributed by atoms with Crippen molar-refractivity contribution in [3.05, 3.63) is 76.3 Å². The molecule has 0 bridgehead atoms. The maximum atomic E-state index is 12.5. The van der Waals surface area contributed by atoms with Crippen molar-refractivity contribution < 1.29 is 9.53 Å². The summed E-state index contributed by atoms with van der Waals surface area (Å²) in [6.45, 7) is 2.71. The molecule has 25 heavy (non-hydrogen) atoms. The molecule has 0 saturated heterocycles. The van der Waals surface area contributed by atoms with Crippen molar-refractivity contribution >= 4 is 17.5 Å². The molecule has 1 aliphatic heterocycles. The smallest absolute Gasteiger partial charge is 0.255 e. The van der Waals surface area contributed by atoms with Crippen LogP contribution in [-0.4, -0.2) is 25.5 Å². The molecular weight excluding hydrogens is 336 g/mol. The van der Waals surface area contributed by atoms with Gasteiger partial charge in [-0.1, -0.05) is 53.6 Å². The monoisotopic (exact) mass is 356 g/mol. The fourth-order valence-electron chi connectivity index (χ4n) is 2.67. The minimum Gasteiger partial charge on any atom is -0.488 e. The third kappa shape index (κ3) is 4.84. The summed E-state index contributed by atoms with van der Waals surface area (Å²) in [6, 6.07) is 14.8. The molecule has 1 amide bonds. The van der Waals surface area contributed by atoms with Crippen LogP contribution in [0, 0.1) is 0 Å². The van der Waals surface area contributed by atoms with Gasteiger partial charge in [0.1, 0.15) is 12.4 Å². The molecule has 4 nitrogen and oxygen atoms in total. The lowest BCUT2D eigenvalue weighted by Gasteiger charge is -2.16. The van der Waals surface area contributed by atoms with Crippen molar-refractivity contribution in [2.75, 3.05) is 19.6 Å². The Balaban J connectivity index is 1.64. The SMILES string of the molecule is O=C(NCC1=CCNCC1)c1ccccc1OCc1ccccc1Cl. The number of hydrogen-bond acceptors (Lipinski definition) is 3. The maximum Gasteiger partial charge on any atom is 0.255 e. The highest BCUT2D eigenvalue weighted by Gasteiger charge is 2.13. The molecule has 0 spiro atoms. The summed E-state index contributed by atoms with van der Waals surface area (Å²) in [7, 11) is 0. The van der Waals surface area contributed by atoms with Crippen LogP contribution in [-0.2, 0) is 6.61 Å². The van der Waals surface area contributed by atoms with Crippen LogP contribution in [0.2, 0.25) is 5.02 Å². The van der Waals surface area contributed by atoms with Crippen LogP contribution in [0.15, 0.2) is 60.2 Å². The molecule has 3 rings (SSSR count). The Kier molecular flexibility index (Phi) is 6.09. The second kappa shape index (κ2) is 8.70.